The van der Waals surface area contributed by atoms with Crippen LogP contribution in [0.3, 0.4) is 0 Å². The van der Waals surface area contributed by atoms with Gasteiger partial charge in [0.15, 0.2) is 0 Å². The molecule has 18 heavy (non-hydrogen) atoms. The Balaban J connectivity index is 0.00000120. The van der Waals surface area contributed by atoms with Crippen molar-refractivity contribution in [1.82, 2.24) is 15.5 Å². The third kappa shape index (κ3) is 2.52. The van der Waals surface area contributed by atoms with Crippen molar-refractivity contribution >= 4 is 12.4 Å². The summed E-state index contributed by atoms with van der Waals surface area (Å²) in [5, 5.41) is 6.92. The zero-order valence-corrected chi connectivity index (χ0v) is 10.4. The van der Waals surface area contributed by atoms with Crippen molar-refractivity contribution in [3.05, 3.63) is 36.2 Å². The van der Waals surface area contributed by atoms with Gasteiger partial charge in [0.1, 0.15) is 6.17 Å². The molecule has 1 fully saturated rings. The number of nitrogens with one attached hydrogen (secondary N) is 1. The Morgan fingerprint density at radius 1 is 1.28 bits per heavy atom. The van der Waals surface area contributed by atoms with Crippen molar-refractivity contribution in [2.75, 3.05) is 6.54 Å². The maximum absolute atomic E-state index is 13.0. The second kappa shape index (κ2) is 5.46. The molecule has 1 saturated heterocycles. The van der Waals surface area contributed by atoms with Gasteiger partial charge in [0.2, 0.25) is 11.7 Å². The van der Waals surface area contributed by atoms with Crippen LogP contribution in [0.25, 0.3) is 11.4 Å². The van der Waals surface area contributed by atoms with Crippen LogP contribution in [0.5, 0.6) is 0 Å². The van der Waals surface area contributed by atoms with Gasteiger partial charge in [-0.15, -0.1) is 12.4 Å². The molecule has 0 bridgehead atoms. The fourth-order valence-corrected chi connectivity index (χ4v) is 1.96. The summed E-state index contributed by atoms with van der Waals surface area (Å²) in [5.74, 6) is 1.01. The van der Waals surface area contributed by atoms with Crippen LogP contribution in [0.2, 0.25) is 0 Å². The second-order valence-corrected chi connectivity index (χ2v) is 4.12. The highest BCUT2D eigenvalue weighted by atomic mass is 35.5. The Morgan fingerprint density at radius 2 is 2.06 bits per heavy atom. The molecule has 0 saturated carbocycles. The van der Waals surface area contributed by atoms with E-state index in [1.54, 1.807) is 0 Å². The summed E-state index contributed by atoms with van der Waals surface area (Å²) >= 11 is 0. The molecule has 0 unspecified atom stereocenters. The average molecular weight is 270 g/mol. The normalized spacial score (nSPS) is 22.7. The van der Waals surface area contributed by atoms with E-state index in [9.17, 15) is 4.39 Å². The summed E-state index contributed by atoms with van der Waals surface area (Å²) in [6, 6.07) is 9.42. The molecule has 1 aromatic carbocycles. The molecule has 0 amide bonds. The van der Waals surface area contributed by atoms with E-state index >= 15 is 0 Å². The molecule has 4 nitrogen and oxygen atoms in total. The molecule has 1 aliphatic rings. The van der Waals surface area contributed by atoms with Gasteiger partial charge in [-0.25, -0.2) is 4.39 Å². The van der Waals surface area contributed by atoms with Crippen LogP contribution >= 0.6 is 12.4 Å². The van der Waals surface area contributed by atoms with Crippen LogP contribution in [0.15, 0.2) is 34.9 Å². The lowest BCUT2D eigenvalue weighted by Crippen LogP contribution is -2.14. The van der Waals surface area contributed by atoms with E-state index in [0.717, 1.165) is 5.56 Å². The number of aromatic nitrogens is 2. The van der Waals surface area contributed by atoms with Crippen molar-refractivity contribution in [3.63, 3.8) is 0 Å². The van der Waals surface area contributed by atoms with Crippen LogP contribution < -0.4 is 5.32 Å². The number of nitrogens with zero attached hydrogens (tertiary/aromatic N) is 2. The standard InChI is InChI=1S/C12H12FN3O.ClH/c13-9-6-10(14-7-9)12-15-11(16-17-12)8-4-2-1-3-5-8;/h1-5,9-10,14H,6-7H2;1H/t9-,10+;/m0./s1. The molecule has 2 atom stereocenters. The van der Waals surface area contributed by atoms with Gasteiger partial charge < -0.3 is 9.84 Å². The van der Waals surface area contributed by atoms with E-state index < -0.39 is 6.17 Å². The topological polar surface area (TPSA) is 51.0 Å². The molecular weight excluding hydrogens is 257 g/mol. The maximum Gasteiger partial charge on any atom is 0.244 e. The van der Waals surface area contributed by atoms with Crippen molar-refractivity contribution in [3.8, 4) is 11.4 Å². The summed E-state index contributed by atoms with van der Waals surface area (Å²) in [5.41, 5.74) is 0.900. The molecule has 1 N–H and O–H groups in total. The summed E-state index contributed by atoms with van der Waals surface area (Å²) < 4.78 is 18.2. The van der Waals surface area contributed by atoms with Crippen LogP contribution in [0, 0.1) is 0 Å². The third-order valence-corrected chi connectivity index (χ3v) is 2.85. The first kappa shape index (κ1) is 13.0. The predicted molar refractivity (Wildman–Crippen MR) is 67.2 cm³/mol. The van der Waals surface area contributed by atoms with E-state index in [0.29, 0.717) is 24.7 Å². The first-order valence-electron chi connectivity index (χ1n) is 5.59. The number of hydrogen-bond acceptors (Lipinski definition) is 4. The van der Waals surface area contributed by atoms with Gasteiger partial charge >= 0.3 is 0 Å². The van der Waals surface area contributed by atoms with Gasteiger partial charge in [0.05, 0.1) is 6.04 Å². The third-order valence-electron chi connectivity index (χ3n) is 2.85. The average Bonchev–Trinajstić information content (AvgIpc) is 2.98. The maximum atomic E-state index is 13.0. The Hall–Kier alpha value is -1.46. The molecule has 96 valence electrons. The molecule has 1 aromatic heterocycles. The molecule has 3 rings (SSSR count). The quantitative estimate of drug-likeness (QED) is 0.910. The minimum atomic E-state index is -0.827. The fraction of sp³-hybridized carbons (Fsp3) is 0.333. The monoisotopic (exact) mass is 269 g/mol. The molecule has 0 spiro atoms. The minimum Gasteiger partial charge on any atom is -0.337 e. The number of alkyl halides is 1. The van der Waals surface area contributed by atoms with Crippen LogP contribution in [0.1, 0.15) is 18.4 Å². The van der Waals surface area contributed by atoms with Gasteiger partial charge in [-0.1, -0.05) is 35.5 Å². The highest BCUT2D eigenvalue weighted by Gasteiger charge is 2.29. The molecular formula is C12H13ClFN3O. The lowest BCUT2D eigenvalue weighted by atomic mass is 10.2. The first-order valence-corrected chi connectivity index (χ1v) is 5.59. The van der Waals surface area contributed by atoms with Gasteiger partial charge in [0, 0.05) is 18.5 Å². The Bertz CT molecular complexity index is 505. The van der Waals surface area contributed by atoms with E-state index in [2.05, 4.69) is 15.5 Å². The Labute approximate surface area is 110 Å². The zero-order chi connectivity index (χ0) is 11.7. The number of rotatable bonds is 2. The minimum absolute atomic E-state index is 0. The Kier molecular flexibility index (Phi) is 3.93. The van der Waals surface area contributed by atoms with Crippen LogP contribution in [-0.4, -0.2) is 22.9 Å². The van der Waals surface area contributed by atoms with E-state index in [1.807, 2.05) is 30.3 Å². The lowest BCUT2D eigenvalue weighted by Gasteiger charge is -2.01. The summed E-state index contributed by atoms with van der Waals surface area (Å²) in [6.45, 7) is 0.355. The zero-order valence-electron chi connectivity index (χ0n) is 9.54. The molecule has 2 aromatic rings. The van der Waals surface area contributed by atoms with Gasteiger partial charge in [-0.2, -0.15) is 4.98 Å². The van der Waals surface area contributed by atoms with Crippen molar-refractivity contribution in [2.24, 2.45) is 0 Å². The lowest BCUT2D eigenvalue weighted by molar-refractivity contribution is 0.324. The van der Waals surface area contributed by atoms with Crippen LogP contribution in [-0.2, 0) is 0 Å². The number of hydrogen-bond donors (Lipinski definition) is 1. The van der Waals surface area contributed by atoms with Gasteiger partial charge in [-0.05, 0) is 0 Å². The summed E-state index contributed by atoms with van der Waals surface area (Å²) in [6.07, 6.45) is -0.428. The van der Waals surface area contributed by atoms with Crippen molar-refractivity contribution in [2.45, 2.75) is 18.6 Å². The van der Waals surface area contributed by atoms with E-state index in [-0.39, 0.29) is 18.4 Å². The molecule has 1 aliphatic heterocycles. The molecule has 0 radical (unpaired) electrons. The Morgan fingerprint density at radius 3 is 2.72 bits per heavy atom. The summed E-state index contributed by atoms with van der Waals surface area (Å²) in [7, 11) is 0. The largest absolute Gasteiger partial charge is 0.337 e. The predicted octanol–water partition coefficient (Wildman–Crippen LogP) is 2.53. The summed E-state index contributed by atoms with van der Waals surface area (Å²) in [4.78, 5) is 4.29. The van der Waals surface area contributed by atoms with Crippen LogP contribution in [0.4, 0.5) is 4.39 Å². The van der Waals surface area contributed by atoms with Gasteiger partial charge in [0.25, 0.3) is 0 Å². The molecule has 2 heterocycles. The fourth-order valence-electron chi connectivity index (χ4n) is 1.96. The number of halogens is 2. The molecule has 6 heteroatoms. The highest BCUT2D eigenvalue weighted by molar-refractivity contribution is 5.85. The van der Waals surface area contributed by atoms with E-state index in [4.69, 9.17) is 4.52 Å². The SMILES string of the molecule is Cl.F[C@@H]1CN[C@@H](c2nc(-c3ccccc3)no2)C1. The smallest absolute Gasteiger partial charge is 0.244 e. The highest BCUT2D eigenvalue weighted by Crippen LogP contribution is 2.25. The van der Waals surface area contributed by atoms with Gasteiger partial charge in [-0.3, -0.25) is 0 Å². The second-order valence-electron chi connectivity index (χ2n) is 4.12. The molecule has 0 aliphatic carbocycles. The first-order chi connectivity index (χ1) is 8.33. The number of benzene rings is 1. The van der Waals surface area contributed by atoms with E-state index in [1.165, 1.54) is 0 Å². The van der Waals surface area contributed by atoms with Crippen molar-refractivity contribution < 1.29 is 8.91 Å². The van der Waals surface area contributed by atoms with Crippen molar-refractivity contribution in [1.29, 1.82) is 0 Å².